The number of phenolic OH excluding ortho intramolecular Hbond substituents is 1. The van der Waals surface area contributed by atoms with Gasteiger partial charge in [-0.2, -0.15) is 20.1 Å². The first-order chi connectivity index (χ1) is 14.7. The summed E-state index contributed by atoms with van der Waals surface area (Å²) < 4.78 is 5.43. The number of hydrogen-bond donors (Lipinski definition) is 3. The summed E-state index contributed by atoms with van der Waals surface area (Å²) in [5.74, 6) is 1.43. The molecule has 9 nitrogen and oxygen atoms in total. The van der Waals surface area contributed by atoms with E-state index in [1.165, 1.54) is 0 Å². The molecule has 0 amide bonds. The summed E-state index contributed by atoms with van der Waals surface area (Å²) in [6, 6.07) is 16.7. The minimum absolute atomic E-state index is 0.164. The standard InChI is InChI=1S/C21H23N7O2/c1-15(17-9-5-6-10-18(17)29)26-27-20-23-19(22-16-7-3-2-4-8-16)24-21(25-20)28-11-13-30-14-12-28/h2-10,29H,11-14H2,1H3,(H2,22,23,24,25,27)/b26-15-. The Bertz CT molecular complexity index is 1020. The largest absolute Gasteiger partial charge is 0.507 e. The smallest absolute Gasteiger partial charge is 0.250 e. The highest BCUT2D eigenvalue weighted by atomic mass is 16.5. The molecule has 0 spiro atoms. The van der Waals surface area contributed by atoms with Crippen LogP contribution in [0.4, 0.5) is 23.5 Å². The van der Waals surface area contributed by atoms with Gasteiger partial charge in [0.05, 0.1) is 18.9 Å². The van der Waals surface area contributed by atoms with Gasteiger partial charge < -0.3 is 20.1 Å². The monoisotopic (exact) mass is 405 g/mol. The minimum atomic E-state index is 0.164. The van der Waals surface area contributed by atoms with Gasteiger partial charge in [-0.15, -0.1) is 0 Å². The van der Waals surface area contributed by atoms with Crippen LogP contribution >= 0.6 is 0 Å². The van der Waals surface area contributed by atoms with E-state index >= 15 is 0 Å². The molecule has 2 heterocycles. The molecule has 2 aromatic carbocycles. The number of para-hydroxylation sites is 2. The number of aromatic hydroxyl groups is 1. The van der Waals surface area contributed by atoms with Crippen molar-refractivity contribution in [2.24, 2.45) is 5.10 Å². The maximum absolute atomic E-state index is 10.0. The second-order valence-corrected chi connectivity index (χ2v) is 6.70. The van der Waals surface area contributed by atoms with Gasteiger partial charge in [0.2, 0.25) is 17.8 Å². The maximum Gasteiger partial charge on any atom is 0.250 e. The summed E-state index contributed by atoms with van der Waals surface area (Å²) in [5.41, 5.74) is 5.01. The van der Waals surface area contributed by atoms with E-state index in [1.54, 1.807) is 25.1 Å². The Kier molecular flexibility index (Phi) is 6.00. The summed E-state index contributed by atoms with van der Waals surface area (Å²) in [5, 5.41) is 17.6. The van der Waals surface area contributed by atoms with Gasteiger partial charge in [0, 0.05) is 24.3 Å². The van der Waals surface area contributed by atoms with Gasteiger partial charge in [-0.25, -0.2) is 5.43 Å². The van der Waals surface area contributed by atoms with Crippen LogP contribution < -0.4 is 15.6 Å². The Morgan fingerprint density at radius 1 is 0.967 bits per heavy atom. The van der Waals surface area contributed by atoms with Gasteiger partial charge in [-0.05, 0) is 31.2 Å². The molecule has 0 aliphatic carbocycles. The fraction of sp³-hybridized carbons (Fsp3) is 0.238. The molecule has 1 saturated heterocycles. The summed E-state index contributed by atoms with van der Waals surface area (Å²) in [6.07, 6.45) is 0. The number of hydrogen-bond acceptors (Lipinski definition) is 9. The first-order valence-corrected chi connectivity index (χ1v) is 9.68. The lowest BCUT2D eigenvalue weighted by molar-refractivity contribution is 0.122. The quantitative estimate of drug-likeness (QED) is 0.424. The fourth-order valence-corrected chi connectivity index (χ4v) is 3.00. The molecule has 1 aliphatic heterocycles. The topological polar surface area (TPSA) is 108 Å². The maximum atomic E-state index is 10.0. The Morgan fingerprint density at radius 2 is 1.67 bits per heavy atom. The fourth-order valence-electron chi connectivity index (χ4n) is 3.00. The number of phenols is 1. The lowest BCUT2D eigenvalue weighted by atomic mass is 10.1. The number of ether oxygens (including phenoxy) is 1. The molecule has 1 fully saturated rings. The van der Waals surface area contributed by atoms with Crippen LogP contribution in [-0.4, -0.2) is 52.1 Å². The number of nitrogens with one attached hydrogen (secondary N) is 2. The van der Waals surface area contributed by atoms with E-state index in [4.69, 9.17) is 4.74 Å². The van der Waals surface area contributed by atoms with Gasteiger partial charge in [0.15, 0.2) is 0 Å². The van der Waals surface area contributed by atoms with E-state index in [9.17, 15) is 5.11 Å². The SMILES string of the molecule is C/C(=N/Nc1nc(Nc2ccccc2)nc(N2CCOCC2)n1)c1ccccc1O. The van der Waals surface area contributed by atoms with Crippen molar-refractivity contribution in [3.8, 4) is 5.75 Å². The van der Waals surface area contributed by atoms with Crippen molar-refractivity contribution in [1.82, 2.24) is 15.0 Å². The second-order valence-electron chi connectivity index (χ2n) is 6.70. The van der Waals surface area contributed by atoms with Crippen LogP contribution in [0.5, 0.6) is 5.75 Å². The van der Waals surface area contributed by atoms with Crippen LogP contribution in [0.25, 0.3) is 0 Å². The molecule has 3 N–H and O–H groups in total. The minimum Gasteiger partial charge on any atom is -0.507 e. The number of hydrazone groups is 1. The lowest BCUT2D eigenvalue weighted by Crippen LogP contribution is -2.37. The Balaban J connectivity index is 1.61. The molecule has 1 aliphatic rings. The summed E-state index contributed by atoms with van der Waals surface area (Å²) in [4.78, 5) is 15.6. The van der Waals surface area contributed by atoms with Crippen LogP contribution in [0.15, 0.2) is 59.7 Å². The predicted molar refractivity (Wildman–Crippen MR) is 117 cm³/mol. The van der Waals surface area contributed by atoms with Gasteiger partial charge in [-0.1, -0.05) is 30.3 Å². The summed E-state index contributed by atoms with van der Waals surface area (Å²) in [6.45, 7) is 4.46. The highest BCUT2D eigenvalue weighted by Gasteiger charge is 2.17. The van der Waals surface area contributed by atoms with E-state index in [0.29, 0.717) is 55.4 Å². The van der Waals surface area contributed by atoms with Crippen molar-refractivity contribution >= 4 is 29.2 Å². The first-order valence-electron chi connectivity index (χ1n) is 9.68. The Labute approximate surface area is 174 Å². The molecule has 0 atom stereocenters. The molecule has 0 saturated carbocycles. The number of benzene rings is 2. The molecule has 30 heavy (non-hydrogen) atoms. The number of aromatic nitrogens is 3. The number of anilines is 4. The molecule has 1 aromatic heterocycles. The molecule has 0 radical (unpaired) electrons. The summed E-state index contributed by atoms with van der Waals surface area (Å²) in [7, 11) is 0. The summed E-state index contributed by atoms with van der Waals surface area (Å²) >= 11 is 0. The normalized spacial score (nSPS) is 14.4. The van der Waals surface area contributed by atoms with Crippen LogP contribution in [0, 0.1) is 0 Å². The predicted octanol–water partition coefficient (Wildman–Crippen LogP) is 2.99. The first kappa shape index (κ1) is 19.6. The van der Waals surface area contributed by atoms with Gasteiger partial charge in [0.25, 0.3) is 0 Å². The van der Waals surface area contributed by atoms with Crippen molar-refractivity contribution in [2.75, 3.05) is 41.9 Å². The third kappa shape index (κ3) is 4.81. The van der Waals surface area contributed by atoms with Crippen LogP contribution in [0.2, 0.25) is 0 Å². The molecule has 3 aromatic rings. The second kappa shape index (κ2) is 9.19. The molecule has 0 unspecified atom stereocenters. The van der Waals surface area contributed by atoms with Crippen molar-refractivity contribution in [3.63, 3.8) is 0 Å². The molecular formula is C21H23N7O2. The van der Waals surface area contributed by atoms with E-state index in [0.717, 1.165) is 5.69 Å². The lowest BCUT2D eigenvalue weighted by Gasteiger charge is -2.27. The van der Waals surface area contributed by atoms with Gasteiger partial charge in [-0.3, -0.25) is 0 Å². The molecule has 154 valence electrons. The Hall–Kier alpha value is -3.72. The highest BCUT2D eigenvalue weighted by Crippen LogP contribution is 2.20. The zero-order valence-corrected chi connectivity index (χ0v) is 16.6. The van der Waals surface area contributed by atoms with Crippen molar-refractivity contribution in [3.05, 3.63) is 60.2 Å². The molecule has 0 bridgehead atoms. The van der Waals surface area contributed by atoms with Crippen molar-refractivity contribution < 1.29 is 9.84 Å². The number of nitrogens with zero attached hydrogens (tertiary/aromatic N) is 5. The molecular weight excluding hydrogens is 382 g/mol. The van der Waals surface area contributed by atoms with Gasteiger partial charge >= 0.3 is 0 Å². The van der Waals surface area contributed by atoms with Crippen molar-refractivity contribution in [1.29, 1.82) is 0 Å². The number of rotatable bonds is 6. The van der Waals surface area contributed by atoms with E-state index in [-0.39, 0.29) is 5.75 Å². The number of morpholine rings is 1. The average molecular weight is 405 g/mol. The molecule has 4 rings (SSSR count). The zero-order chi connectivity index (χ0) is 20.8. The van der Waals surface area contributed by atoms with E-state index in [1.807, 2.05) is 41.3 Å². The van der Waals surface area contributed by atoms with Gasteiger partial charge in [0.1, 0.15) is 5.75 Å². The van der Waals surface area contributed by atoms with Crippen molar-refractivity contribution in [2.45, 2.75) is 6.92 Å². The average Bonchev–Trinajstić information content (AvgIpc) is 2.79. The third-order valence-electron chi connectivity index (χ3n) is 4.56. The van der Waals surface area contributed by atoms with E-state index in [2.05, 4.69) is 30.8 Å². The Morgan fingerprint density at radius 3 is 2.43 bits per heavy atom. The highest BCUT2D eigenvalue weighted by molar-refractivity contribution is 6.01. The van der Waals surface area contributed by atoms with Crippen LogP contribution in [0.1, 0.15) is 12.5 Å². The van der Waals surface area contributed by atoms with Crippen LogP contribution in [0.3, 0.4) is 0 Å². The third-order valence-corrected chi connectivity index (χ3v) is 4.56. The van der Waals surface area contributed by atoms with Crippen LogP contribution in [-0.2, 0) is 4.74 Å². The zero-order valence-electron chi connectivity index (χ0n) is 16.6. The van der Waals surface area contributed by atoms with E-state index < -0.39 is 0 Å². The molecule has 9 heteroatoms.